The van der Waals surface area contributed by atoms with E-state index in [1.54, 1.807) is 31.2 Å². The number of benzene rings is 1. The zero-order valence-electron chi connectivity index (χ0n) is 11.9. The number of carbonyl (C=O) groups is 1. The average molecular weight is 337 g/mol. The second-order valence-electron chi connectivity index (χ2n) is 5.22. The van der Waals surface area contributed by atoms with Crippen LogP contribution in [-0.2, 0) is 0 Å². The number of halogens is 2. The molecule has 0 radical (unpaired) electrons. The third-order valence-corrected chi connectivity index (χ3v) is 3.56. The standard InChI is InChI=1S/C15H14Cl2N4O/c1-8-18-13(7-14(19-8)20-11-2-3-11)15(22)21-12-5-9(16)4-10(17)6-12/h4-7,11H,2-3H2,1H3,(H,21,22)(H,18,19,20). The summed E-state index contributed by atoms with van der Waals surface area (Å²) in [4.78, 5) is 20.8. The van der Waals surface area contributed by atoms with Crippen LogP contribution in [0.4, 0.5) is 11.5 Å². The number of amides is 1. The van der Waals surface area contributed by atoms with Crippen LogP contribution in [0.2, 0.25) is 10.0 Å². The van der Waals surface area contributed by atoms with Gasteiger partial charge in [-0.05, 0) is 38.0 Å². The molecule has 0 atom stereocenters. The lowest BCUT2D eigenvalue weighted by atomic mass is 10.3. The fourth-order valence-electron chi connectivity index (χ4n) is 2.02. The van der Waals surface area contributed by atoms with Crippen LogP contribution in [0.25, 0.3) is 0 Å². The lowest BCUT2D eigenvalue weighted by molar-refractivity contribution is 0.102. The summed E-state index contributed by atoms with van der Waals surface area (Å²) in [5.74, 6) is 0.881. The first-order valence-electron chi connectivity index (χ1n) is 6.89. The van der Waals surface area contributed by atoms with Gasteiger partial charge in [0.25, 0.3) is 5.91 Å². The summed E-state index contributed by atoms with van der Waals surface area (Å²) < 4.78 is 0. The first-order chi connectivity index (χ1) is 10.5. The predicted octanol–water partition coefficient (Wildman–Crippen LogP) is 3.92. The predicted molar refractivity (Wildman–Crippen MR) is 87.8 cm³/mol. The molecule has 1 aromatic carbocycles. The molecule has 1 aliphatic carbocycles. The van der Waals surface area contributed by atoms with E-state index in [1.165, 1.54) is 0 Å². The molecular formula is C15H14Cl2N4O. The number of aryl methyl sites for hydroxylation is 1. The van der Waals surface area contributed by atoms with Crippen LogP contribution < -0.4 is 10.6 Å². The van der Waals surface area contributed by atoms with Gasteiger partial charge in [-0.2, -0.15) is 0 Å². The molecule has 1 fully saturated rings. The van der Waals surface area contributed by atoms with E-state index in [-0.39, 0.29) is 5.91 Å². The van der Waals surface area contributed by atoms with Crippen molar-refractivity contribution in [2.75, 3.05) is 10.6 Å². The van der Waals surface area contributed by atoms with Gasteiger partial charge in [0.05, 0.1) is 0 Å². The Kier molecular flexibility index (Phi) is 4.18. The summed E-state index contributed by atoms with van der Waals surface area (Å²) in [5, 5.41) is 6.91. The summed E-state index contributed by atoms with van der Waals surface area (Å²) >= 11 is 11.8. The summed E-state index contributed by atoms with van der Waals surface area (Å²) in [5.41, 5.74) is 0.821. The molecule has 0 bridgehead atoms. The number of hydrogen-bond acceptors (Lipinski definition) is 4. The van der Waals surface area contributed by atoms with E-state index in [1.807, 2.05) is 0 Å². The topological polar surface area (TPSA) is 66.9 Å². The minimum atomic E-state index is -0.331. The van der Waals surface area contributed by atoms with E-state index >= 15 is 0 Å². The number of aromatic nitrogens is 2. The maximum atomic E-state index is 12.3. The molecule has 114 valence electrons. The molecule has 1 heterocycles. The van der Waals surface area contributed by atoms with Crippen LogP contribution >= 0.6 is 23.2 Å². The first-order valence-corrected chi connectivity index (χ1v) is 7.65. The molecule has 1 aliphatic rings. The third kappa shape index (κ3) is 3.87. The number of nitrogens with one attached hydrogen (secondary N) is 2. The molecule has 3 rings (SSSR count). The van der Waals surface area contributed by atoms with E-state index in [9.17, 15) is 4.79 Å². The van der Waals surface area contributed by atoms with Crippen molar-refractivity contribution in [3.8, 4) is 0 Å². The smallest absolute Gasteiger partial charge is 0.274 e. The minimum Gasteiger partial charge on any atom is -0.367 e. The van der Waals surface area contributed by atoms with Gasteiger partial charge < -0.3 is 10.6 Å². The Morgan fingerprint density at radius 2 is 1.82 bits per heavy atom. The first kappa shape index (κ1) is 15.1. The number of anilines is 2. The van der Waals surface area contributed by atoms with Gasteiger partial charge in [-0.25, -0.2) is 9.97 Å². The summed E-state index contributed by atoms with van der Waals surface area (Å²) in [6, 6.07) is 6.96. The Balaban J connectivity index is 1.80. The van der Waals surface area contributed by atoms with Crippen LogP contribution in [0.1, 0.15) is 29.2 Å². The second-order valence-corrected chi connectivity index (χ2v) is 6.09. The number of rotatable bonds is 4. The molecule has 1 saturated carbocycles. The zero-order chi connectivity index (χ0) is 15.7. The number of nitrogens with zero attached hydrogens (tertiary/aromatic N) is 2. The molecule has 0 spiro atoms. The Morgan fingerprint density at radius 3 is 2.45 bits per heavy atom. The minimum absolute atomic E-state index is 0.298. The van der Waals surface area contributed by atoms with Crippen molar-refractivity contribution >= 4 is 40.6 Å². The maximum absolute atomic E-state index is 12.3. The fraction of sp³-hybridized carbons (Fsp3) is 0.267. The Hall–Kier alpha value is -1.85. The van der Waals surface area contributed by atoms with Gasteiger partial charge in [-0.15, -0.1) is 0 Å². The fourth-order valence-corrected chi connectivity index (χ4v) is 2.54. The molecule has 5 nitrogen and oxygen atoms in total. The van der Waals surface area contributed by atoms with Crippen LogP contribution in [-0.4, -0.2) is 21.9 Å². The molecule has 2 aromatic rings. The van der Waals surface area contributed by atoms with Crippen molar-refractivity contribution in [1.29, 1.82) is 0 Å². The summed E-state index contributed by atoms with van der Waals surface area (Å²) in [6.07, 6.45) is 2.26. The van der Waals surface area contributed by atoms with Gasteiger partial charge in [0.15, 0.2) is 0 Å². The van der Waals surface area contributed by atoms with E-state index in [0.29, 0.717) is 39.1 Å². The normalized spacial score (nSPS) is 13.8. The molecule has 0 aliphatic heterocycles. The zero-order valence-corrected chi connectivity index (χ0v) is 13.4. The molecule has 1 amide bonds. The van der Waals surface area contributed by atoms with E-state index in [0.717, 1.165) is 12.8 Å². The largest absolute Gasteiger partial charge is 0.367 e. The van der Waals surface area contributed by atoms with Gasteiger partial charge in [0.1, 0.15) is 17.3 Å². The van der Waals surface area contributed by atoms with Crippen molar-refractivity contribution in [3.63, 3.8) is 0 Å². The van der Waals surface area contributed by atoms with Crippen molar-refractivity contribution in [2.45, 2.75) is 25.8 Å². The molecule has 22 heavy (non-hydrogen) atoms. The molecule has 0 unspecified atom stereocenters. The highest BCUT2D eigenvalue weighted by molar-refractivity contribution is 6.35. The molecule has 2 N–H and O–H groups in total. The second kappa shape index (κ2) is 6.10. The van der Waals surface area contributed by atoms with Gasteiger partial charge in [-0.1, -0.05) is 23.2 Å². The SMILES string of the molecule is Cc1nc(NC2CC2)cc(C(=O)Nc2cc(Cl)cc(Cl)c2)n1. The van der Waals surface area contributed by atoms with Crippen LogP contribution in [0.5, 0.6) is 0 Å². The summed E-state index contributed by atoms with van der Waals surface area (Å²) in [6.45, 7) is 1.76. The van der Waals surface area contributed by atoms with Crippen LogP contribution in [0.3, 0.4) is 0 Å². The van der Waals surface area contributed by atoms with Crippen LogP contribution in [0.15, 0.2) is 24.3 Å². The Labute approximate surface area is 138 Å². The van der Waals surface area contributed by atoms with Gasteiger partial charge in [0, 0.05) is 27.8 Å². The van der Waals surface area contributed by atoms with Gasteiger partial charge in [-0.3, -0.25) is 4.79 Å². The monoisotopic (exact) mass is 336 g/mol. The Bertz CT molecular complexity index is 711. The lowest BCUT2D eigenvalue weighted by Gasteiger charge is -2.09. The van der Waals surface area contributed by atoms with Crippen molar-refractivity contribution in [1.82, 2.24) is 9.97 Å². The highest BCUT2D eigenvalue weighted by Crippen LogP contribution is 2.25. The van der Waals surface area contributed by atoms with E-state index in [4.69, 9.17) is 23.2 Å². The van der Waals surface area contributed by atoms with Gasteiger partial charge in [0.2, 0.25) is 0 Å². The number of carbonyl (C=O) groups excluding carboxylic acids is 1. The van der Waals surface area contributed by atoms with E-state index in [2.05, 4.69) is 20.6 Å². The molecule has 7 heteroatoms. The Morgan fingerprint density at radius 1 is 1.14 bits per heavy atom. The van der Waals surface area contributed by atoms with Crippen LogP contribution in [0, 0.1) is 6.92 Å². The maximum Gasteiger partial charge on any atom is 0.274 e. The summed E-state index contributed by atoms with van der Waals surface area (Å²) in [7, 11) is 0. The molecule has 1 aromatic heterocycles. The number of hydrogen-bond donors (Lipinski definition) is 2. The van der Waals surface area contributed by atoms with Crippen molar-refractivity contribution in [3.05, 3.63) is 45.8 Å². The van der Waals surface area contributed by atoms with Crippen molar-refractivity contribution in [2.24, 2.45) is 0 Å². The highest BCUT2D eigenvalue weighted by atomic mass is 35.5. The van der Waals surface area contributed by atoms with Crippen molar-refractivity contribution < 1.29 is 4.79 Å². The average Bonchev–Trinajstić information content (AvgIpc) is 3.20. The molecule has 0 saturated heterocycles. The highest BCUT2D eigenvalue weighted by Gasteiger charge is 2.22. The lowest BCUT2D eigenvalue weighted by Crippen LogP contribution is -2.16. The third-order valence-electron chi connectivity index (χ3n) is 3.12. The quantitative estimate of drug-likeness (QED) is 0.887. The van der Waals surface area contributed by atoms with Gasteiger partial charge >= 0.3 is 0 Å². The molecular weight excluding hydrogens is 323 g/mol. The van der Waals surface area contributed by atoms with E-state index < -0.39 is 0 Å².